The van der Waals surface area contributed by atoms with E-state index in [-0.39, 0.29) is 34.1 Å². The lowest BCUT2D eigenvalue weighted by Gasteiger charge is -2.18. The van der Waals surface area contributed by atoms with E-state index in [1.54, 1.807) is 18.5 Å². The number of benzene rings is 1. The van der Waals surface area contributed by atoms with Gasteiger partial charge in [0.05, 0.1) is 33.9 Å². The van der Waals surface area contributed by atoms with E-state index in [1.807, 2.05) is 20.8 Å². The van der Waals surface area contributed by atoms with Gasteiger partial charge >= 0.3 is 0 Å². The Morgan fingerprint density at radius 1 is 1.13 bits per heavy atom. The predicted octanol–water partition coefficient (Wildman–Crippen LogP) is 2.48. The largest absolute Gasteiger partial charge is 0.326 e. The molecule has 1 fully saturated rings. The van der Waals surface area contributed by atoms with Crippen LogP contribution in [0, 0.1) is 5.41 Å². The summed E-state index contributed by atoms with van der Waals surface area (Å²) in [5.74, 6) is -0.573. The molecule has 2 N–H and O–H groups in total. The second-order valence-electron chi connectivity index (χ2n) is 8.68. The molecule has 8 nitrogen and oxygen atoms in total. The smallest absolute Gasteiger partial charge is 0.239 e. The van der Waals surface area contributed by atoms with Crippen molar-refractivity contribution in [2.75, 3.05) is 4.90 Å². The maximum Gasteiger partial charge on any atom is 0.239 e. The quantitative estimate of drug-likeness (QED) is 0.653. The fourth-order valence-corrected chi connectivity index (χ4v) is 5.73. The number of imide groups is 1. The van der Waals surface area contributed by atoms with Crippen molar-refractivity contribution in [2.45, 2.75) is 76.3 Å². The zero-order chi connectivity index (χ0) is 23.1. The Morgan fingerprint density at radius 2 is 1.74 bits per heavy atom. The zero-order valence-electron chi connectivity index (χ0n) is 18.7. The zero-order valence-corrected chi connectivity index (χ0v) is 19.5. The van der Waals surface area contributed by atoms with Gasteiger partial charge in [-0.05, 0) is 44.0 Å². The van der Waals surface area contributed by atoms with Crippen molar-refractivity contribution >= 4 is 27.3 Å². The van der Waals surface area contributed by atoms with Gasteiger partial charge in [0.25, 0.3) is 0 Å². The van der Waals surface area contributed by atoms with E-state index >= 15 is 0 Å². The molecule has 1 aliphatic heterocycles. The van der Waals surface area contributed by atoms with Crippen LogP contribution >= 0.6 is 0 Å². The Hall–Kier alpha value is -2.52. The van der Waals surface area contributed by atoms with Crippen LogP contribution < -0.4 is 10.6 Å². The number of aryl methyl sites for hydroxylation is 1. The first kappa shape index (κ1) is 23.1. The van der Waals surface area contributed by atoms with Gasteiger partial charge in [0.1, 0.15) is 4.90 Å². The standard InChI is InChI=1S/C22H30N4O4S/c1-6-17-20(18(7-2)25(24-17)13-14(3)23)31(29,30)16-10-8-15(9-11-16)26-19(27)12-22(4,5)21(26)28/h8-11,14H,6-7,12-13,23H2,1-5H3. The number of nitrogens with zero attached hydrogens (tertiary/aromatic N) is 3. The van der Waals surface area contributed by atoms with Crippen molar-refractivity contribution in [3.8, 4) is 0 Å². The van der Waals surface area contributed by atoms with Crippen LogP contribution in [0.3, 0.4) is 0 Å². The summed E-state index contributed by atoms with van der Waals surface area (Å²) in [5.41, 5.74) is 6.67. The number of anilines is 1. The van der Waals surface area contributed by atoms with Crippen molar-refractivity contribution < 1.29 is 18.0 Å². The molecule has 2 amide bonds. The maximum atomic E-state index is 13.5. The number of amides is 2. The Labute approximate surface area is 183 Å². The molecule has 0 radical (unpaired) electrons. The van der Waals surface area contributed by atoms with Crippen LogP contribution in [-0.4, -0.2) is 36.1 Å². The molecule has 3 rings (SSSR count). The number of rotatable bonds is 7. The number of aromatic nitrogens is 2. The number of carbonyl (C=O) groups is 2. The summed E-state index contributed by atoms with van der Waals surface area (Å²) in [6, 6.07) is 5.74. The second kappa shape index (κ2) is 8.20. The molecule has 168 valence electrons. The molecule has 0 saturated carbocycles. The van der Waals surface area contributed by atoms with Gasteiger partial charge in [0, 0.05) is 12.5 Å². The van der Waals surface area contributed by atoms with E-state index in [2.05, 4.69) is 5.10 Å². The first-order chi connectivity index (χ1) is 14.4. The molecule has 9 heteroatoms. The first-order valence-electron chi connectivity index (χ1n) is 10.5. The van der Waals surface area contributed by atoms with E-state index in [1.165, 1.54) is 24.3 Å². The van der Waals surface area contributed by atoms with Crippen molar-refractivity contribution in [1.29, 1.82) is 0 Å². The summed E-state index contributed by atoms with van der Waals surface area (Å²) in [6.07, 6.45) is 1.10. The molecule has 2 heterocycles. The highest BCUT2D eigenvalue weighted by Gasteiger charge is 2.45. The fraction of sp³-hybridized carbons (Fsp3) is 0.500. The van der Waals surface area contributed by atoms with Gasteiger partial charge < -0.3 is 5.73 Å². The van der Waals surface area contributed by atoms with Gasteiger partial charge in [-0.25, -0.2) is 8.42 Å². The van der Waals surface area contributed by atoms with Crippen molar-refractivity contribution in [3.63, 3.8) is 0 Å². The number of hydrogen-bond acceptors (Lipinski definition) is 6. The molecule has 0 spiro atoms. The van der Waals surface area contributed by atoms with Crippen molar-refractivity contribution in [2.24, 2.45) is 11.1 Å². The van der Waals surface area contributed by atoms with E-state index in [9.17, 15) is 18.0 Å². The van der Waals surface area contributed by atoms with Crippen LogP contribution in [0.1, 0.15) is 52.4 Å². The molecular weight excluding hydrogens is 416 g/mol. The van der Waals surface area contributed by atoms with Gasteiger partial charge in [-0.1, -0.05) is 27.7 Å². The summed E-state index contributed by atoms with van der Waals surface area (Å²) in [4.78, 5) is 26.3. The third kappa shape index (κ3) is 4.04. The number of carbonyl (C=O) groups excluding carboxylic acids is 2. The van der Waals surface area contributed by atoms with E-state index in [0.717, 1.165) is 4.90 Å². The topological polar surface area (TPSA) is 115 Å². The highest BCUT2D eigenvalue weighted by Crippen LogP contribution is 2.36. The number of sulfone groups is 1. The van der Waals surface area contributed by atoms with Crippen LogP contribution in [0.15, 0.2) is 34.1 Å². The minimum absolute atomic E-state index is 0.0966. The lowest BCUT2D eigenvalue weighted by atomic mass is 9.92. The Morgan fingerprint density at radius 3 is 2.19 bits per heavy atom. The molecule has 1 aromatic carbocycles. The van der Waals surface area contributed by atoms with Gasteiger partial charge in [-0.2, -0.15) is 5.10 Å². The predicted molar refractivity (Wildman–Crippen MR) is 117 cm³/mol. The van der Waals surface area contributed by atoms with Crippen LogP contribution in [0.4, 0.5) is 5.69 Å². The number of nitrogens with two attached hydrogens (primary N) is 1. The molecule has 31 heavy (non-hydrogen) atoms. The van der Waals surface area contributed by atoms with Gasteiger partial charge in [0.15, 0.2) is 0 Å². The average Bonchev–Trinajstić information content (AvgIpc) is 3.14. The van der Waals surface area contributed by atoms with E-state index in [4.69, 9.17) is 5.73 Å². The summed E-state index contributed by atoms with van der Waals surface area (Å²) in [7, 11) is -3.84. The fourth-order valence-electron chi connectivity index (χ4n) is 3.95. The summed E-state index contributed by atoms with van der Waals surface area (Å²) in [6.45, 7) is 9.49. The molecule has 0 aliphatic carbocycles. The van der Waals surface area contributed by atoms with Crippen LogP contribution in [-0.2, 0) is 38.8 Å². The van der Waals surface area contributed by atoms with Crippen molar-refractivity contribution in [1.82, 2.24) is 9.78 Å². The first-order valence-corrected chi connectivity index (χ1v) is 12.0. The summed E-state index contributed by atoms with van der Waals surface area (Å²) >= 11 is 0. The van der Waals surface area contributed by atoms with Crippen LogP contribution in [0.5, 0.6) is 0 Å². The second-order valence-corrected chi connectivity index (χ2v) is 10.6. The Balaban J connectivity index is 2.03. The average molecular weight is 447 g/mol. The van der Waals surface area contributed by atoms with Crippen LogP contribution in [0.2, 0.25) is 0 Å². The van der Waals surface area contributed by atoms with Crippen molar-refractivity contribution in [3.05, 3.63) is 35.7 Å². The monoisotopic (exact) mass is 446 g/mol. The molecular formula is C22H30N4O4S. The maximum absolute atomic E-state index is 13.5. The third-order valence-corrected chi connectivity index (χ3v) is 7.41. The SMILES string of the molecule is CCc1nn(CC(C)N)c(CC)c1S(=O)(=O)c1ccc(N2C(=O)CC(C)(C)C2=O)cc1. The highest BCUT2D eigenvalue weighted by molar-refractivity contribution is 7.91. The lowest BCUT2D eigenvalue weighted by Crippen LogP contribution is -2.32. The molecule has 1 aliphatic rings. The van der Waals surface area contributed by atoms with Gasteiger partial charge in [-0.3, -0.25) is 19.2 Å². The minimum atomic E-state index is -3.84. The Bertz CT molecular complexity index is 1120. The minimum Gasteiger partial charge on any atom is -0.326 e. The highest BCUT2D eigenvalue weighted by atomic mass is 32.2. The normalized spacial score (nSPS) is 17.4. The molecule has 1 atom stereocenters. The molecule has 1 unspecified atom stereocenters. The molecule has 0 bridgehead atoms. The molecule has 1 aromatic heterocycles. The summed E-state index contributed by atoms with van der Waals surface area (Å²) in [5, 5.41) is 4.51. The van der Waals surface area contributed by atoms with E-state index < -0.39 is 15.3 Å². The van der Waals surface area contributed by atoms with E-state index in [0.29, 0.717) is 36.5 Å². The third-order valence-electron chi connectivity index (χ3n) is 5.51. The molecule has 2 aromatic rings. The van der Waals surface area contributed by atoms with Crippen LogP contribution in [0.25, 0.3) is 0 Å². The lowest BCUT2D eigenvalue weighted by molar-refractivity contribution is -0.124. The molecule has 1 saturated heterocycles. The Kier molecular flexibility index (Phi) is 6.12. The summed E-state index contributed by atoms with van der Waals surface area (Å²) < 4.78 is 28.7. The van der Waals surface area contributed by atoms with Gasteiger partial charge in [-0.15, -0.1) is 0 Å². The number of hydrogen-bond donors (Lipinski definition) is 1. The van der Waals surface area contributed by atoms with Gasteiger partial charge in [0.2, 0.25) is 21.7 Å².